The molecule has 2 nitrogen and oxygen atoms in total. The molecule has 2 rings (SSSR count). The van der Waals surface area contributed by atoms with Crippen molar-refractivity contribution >= 4 is 0 Å². The van der Waals surface area contributed by atoms with E-state index in [4.69, 9.17) is 4.74 Å². The Bertz CT molecular complexity index is 490. The summed E-state index contributed by atoms with van der Waals surface area (Å²) in [5, 5.41) is 10.4. The van der Waals surface area contributed by atoms with Crippen molar-refractivity contribution in [3.8, 4) is 0 Å². The standard InChI is InChI=1S/C20H32O2/c1-15-7-6-8-16(2)10-12-18-20(5,22-18)14-13-17(11-9-15)19(3,4)21/h8-9,11,18,21H,6-7,10,12-14H2,1-5H3. The Morgan fingerprint density at radius 1 is 1.14 bits per heavy atom. The van der Waals surface area contributed by atoms with E-state index in [9.17, 15) is 5.11 Å². The first-order valence-corrected chi connectivity index (χ1v) is 8.63. The van der Waals surface area contributed by atoms with E-state index in [1.807, 2.05) is 13.8 Å². The van der Waals surface area contributed by atoms with E-state index < -0.39 is 5.60 Å². The molecule has 0 bridgehead atoms. The van der Waals surface area contributed by atoms with Gasteiger partial charge < -0.3 is 9.84 Å². The van der Waals surface area contributed by atoms with Gasteiger partial charge in [-0.05, 0) is 78.7 Å². The van der Waals surface area contributed by atoms with Crippen LogP contribution >= 0.6 is 0 Å². The fourth-order valence-corrected chi connectivity index (χ4v) is 3.18. The largest absolute Gasteiger partial charge is 0.386 e. The van der Waals surface area contributed by atoms with Gasteiger partial charge in [0.05, 0.1) is 17.3 Å². The zero-order valence-corrected chi connectivity index (χ0v) is 14.9. The Kier molecular flexibility index (Phi) is 5.34. The number of aliphatic hydroxyl groups is 1. The molecule has 2 aliphatic rings. The van der Waals surface area contributed by atoms with Crippen molar-refractivity contribution in [3.63, 3.8) is 0 Å². The minimum atomic E-state index is -0.759. The highest BCUT2D eigenvalue weighted by molar-refractivity contribution is 5.24. The summed E-state index contributed by atoms with van der Waals surface area (Å²) >= 11 is 0. The molecule has 22 heavy (non-hydrogen) atoms. The molecule has 2 unspecified atom stereocenters. The Morgan fingerprint density at radius 3 is 2.55 bits per heavy atom. The summed E-state index contributed by atoms with van der Waals surface area (Å²) in [6, 6.07) is 0. The van der Waals surface area contributed by atoms with Crippen molar-refractivity contribution in [2.45, 2.75) is 90.4 Å². The van der Waals surface area contributed by atoms with E-state index in [1.54, 1.807) is 0 Å². The van der Waals surface area contributed by atoms with E-state index >= 15 is 0 Å². The van der Waals surface area contributed by atoms with E-state index in [0.717, 1.165) is 44.1 Å². The van der Waals surface area contributed by atoms with Crippen LogP contribution in [-0.2, 0) is 4.74 Å². The van der Waals surface area contributed by atoms with Crippen LogP contribution in [0.15, 0.2) is 34.9 Å². The number of hydrogen-bond acceptors (Lipinski definition) is 2. The molecule has 2 atom stereocenters. The third-order valence-corrected chi connectivity index (χ3v) is 5.11. The van der Waals surface area contributed by atoms with Gasteiger partial charge in [0.1, 0.15) is 0 Å². The first kappa shape index (κ1) is 17.5. The number of fused-ring (bicyclic) bond motifs is 1. The molecule has 0 aromatic heterocycles. The van der Waals surface area contributed by atoms with Crippen LogP contribution in [0.1, 0.15) is 73.1 Å². The molecule has 0 spiro atoms. The van der Waals surface area contributed by atoms with Crippen LogP contribution in [0.5, 0.6) is 0 Å². The molecule has 1 aliphatic heterocycles. The van der Waals surface area contributed by atoms with Gasteiger partial charge >= 0.3 is 0 Å². The number of hydrogen-bond donors (Lipinski definition) is 1. The minimum Gasteiger partial charge on any atom is -0.386 e. The molecule has 1 saturated heterocycles. The monoisotopic (exact) mass is 304 g/mol. The average Bonchev–Trinajstić information content (AvgIpc) is 3.05. The molecule has 1 aliphatic carbocycles. The van der Waals surface area contributed by atoms with Gasteiger partial charge in [-0.3, -0.25) is 0 Å². The summed E-state index contributed by atoms with van der Waals surface area (Å²) in [5.74, 6) is 0. The van der Waals surface area contributed by atoms with Gasteiger partial charge in [-0.1, -0.05) is 29.4 Å². The Morgan fingerprint density at radius 2 is 1.86 bits per heavy atom. The molecule has 0 amide bonds. The molecular formula is C20H32O2. The Hall–Kier alpha value is -0.860. The quantitative estimate of drug-likeness (QED) is 0.541. The lowest BCUT2D eigenvalue weighted by atomic mass is 9.88. The summed E-state index contributed by atoms with van der Waals surface area (Å²) in [6.07, 6.45) is 13.4. The predicted molar refractivity (Wildman–Crippen MR) is 92.9 cm³/mol. The second kappa shape index (κ2) is 6.72. The van der Waals surface area contributed by atoms with Gasteiger partial charge in [0.15, 0.2) is 0 Å². The van der Waals surface area contributed by atoms with Crippen LogP contribution in [0.4, 0.5) is 0 Å². The topological polar surface area (TPSA) is 32.8 Å². The van der Waals surface area contributed by atoms with Gasteiger partial charge in [0.2, 0.25) is 0 Å². The molecule has 0 aromatic carbocycles. The van der Waals surface area contributed by atoms with Crippen molar-refractivity contribution in [1.82, 2.24) is 0 Å². The molecular weight excluding hydrogens is 272 g/mol. The average molecular weight is 304 g/mol. The molecule has 0 radical (unpaired) electrons. The van der Waals surface area contributed by atoms with Crippen LogP contribution < -0.4 is 0 Å². The second-order valence-corrected chi connectivity index (χ2v) is 7.81. The van der Waals surface area contributed by atoms with Crippen LogP contribution in [-0.4, -0.2) is 22.4 Å². The van der Waals surface area contributed by atoms with Crippen LogP contribution in [0.25, 0.3) is 0 Å². The molecule has 0 saturated carbocycles. The van der Waals surface area contributed by atoms with Crippen molar-refractivity contribution < 1.29 is 9.84 Å². The maximum absolute atomic E-state index is 10.4. The van der Waals surface area contributed by atoms with Crippen molar-refractivity contribution in [2.75, 3.05) is 0 Å². The first-order chi connectivity index (χ1) is 10.2. The van der Waals surface area contributed by atoms with Crippen molar-refractivity contribution in [2.24, 2.45) is 0 Å². The minimum absolute atomic E-state index is 0.00744. The lowest BCUT2D eigenvalue weighted by molar-refractivity contribution is 0.114. The lowest BCUT2D eigenvalue weighted by Gasteiger charge is -2.22. The third kappa shape index (κ3) is 4.82. The molecule has 1 heterocycles. The summed E-state index contributed by atoms with van der Waals surface area (Å²) in [7, 11) is 0. The predicted octanol–water partition coefficient (Wildman–Crippen LogP) is 5.09. The van der Waals surface area contributed by atoms with Gasteiger partial charge in [0.25, 0.3) is 0 Å². The van der Waals surface area contributed by atoms with Gasteiger partial charge in [-0.25, -0.2) is 0 Å². The number of ether oxygens (including phenoxy) is 1. The lowest BCUT2D eigenvalue weighted by Crippen LogP contribution is -2.23. The molecule has 124 valence electrons. The normalized spacial score (nSPS) is 31.4. The van der Waals surface area contributed by atoms with Crippen LogP contribution in [0, 0.1) is 0 Å². The Labute approximate surface area is 136 Å². The molecule has 1 N–H and O–H groups in total. The van der Waals surface area contributed by atoms with Crippen molar-refractivity contribution in [1.29, 1.82) is 0 Å². The highest BCUT2D eigenvalue weighted by atomic mass is 16.6. The zero-order valence-electron chi connectivity index (χ0n) is 14.9. The SMILES string of the molecule is CC1=CC=C(C(C)(C)O)CCC2(C)OC2CCC(C)=CCC1. The zero-order chi connectivity index (χ0) is 16.4. The smallest absolute Gasteiger partial charge is 0.0923 e. The second-order valence-electron chi connectivity index (χ2n) is 7.81. The number of rotatable bonds is 1. The summed E-state index contributed by atoms with van der Waals surface area (Å²) < 4.78 is 5.96. The van der Waals surface area contributed by atoms with Crippen molar-refractivity contribution in [3.05, 3.63) is 34.9 Å². The van der Waals surface area contributed by atoms with E-state index in [-0.39, 0.29) is 5.60 Å². The highest BCUT2D eigenvalue weighted by Crippen LogP contribution is 2.44. The van der Waals surface area contributed by atoms with Crippen LogP contribution in [0.2, 0.25) is 0 Å². The highest BCUT2D eigenvalue weighted by Gasteiger charge is 2.51. The van der Waals surface area contributed by atoms with Gasteiger partial charge in [0, 0.05) is 0 Å². The number of allylic oxidation sites excluding steroid dienone is 5. The van der Waals surface area contributed by atoms with E-state index in [0.29, 0.717) is 6.10 Å². The fourth-order valence-electron chi connectivity index (χ4n) is 3.18. The molecule has 2 heteroatoms. The van der Waals surface area contributed by atoms with Gasteiger partial charge in [-0.2, -0.15) is 0 Å². The summed E-state index contributed by atoms with van der Waals surface area (Å²) in [6.45, 7) is 10.4. The number of epoxide rings is 1. The van der Waals surface area contributed by atoms with E-state index in [2.05, 4.69) is 39.0 Å². The summed E-state index contributed by atoms with van der Waals surface area (Å²) in [4.78, 5) is 0. The van der Waals surface area contributed by atoms with Crippen LogP contribution in [0.3, 0.4) is 0 Å². The summed E-state index contributed by atoms with van der Waals surface area (Å²) in [5.41, 5.74) is 3.20. The first-order valence-electron chi connectivity index (χ1n) is 8.63. The fraction of sp³-hybridized carbons (Fsp3) is 0.700. The molecule has 1 fully saturated rings. The van der Waals surface area contributed by atoms with Gasteiger partial charge in [-0.15, -0.1) is 0 Å². The maximum atomic E-state index is 10.4. The third-order valence-electron chi connectivity index (χ3n) is 5.11. The molecule has 0 aromatic rings. The Balaban J connectivity index is 2.18. The maximum Gasteiger partial charge on any atom is 0.0923 e. The van der Waals surface area contributed by atoms with E-state index in [1.165, 1.54) is 11.1 Å².